The van der Waals surface area contributed by atoms with Crippen LogP contribution in [0.4, 0.5) is 0 Å². The maximum Gasteiger partial charge on any atom is 0.0617 e. The van der Waals surface area contributed by atoms with Gasteiger partial charge in [-0.2, -0.15) is 0 Å². The summed E-state index contributed by atoms with van der Waals surface area (Å²) in [5.41, 5.74) is -0.533. The molecule has 0 aliphatic heterocycles. The zero-order valence-electron chi connectivity index (χ0n) is 9.09. The maximum atomic E-state index is 9.65. The average Bonchev–Trinajstić information content (AvgIpc) is 1.97. The van der Waals surface area contributed by atoms with Crippen molar-refractivity contribution in [1.82, 2.24) is 4.90 Å². The van der Waals surface area contributed by atoms with Crippen LogP contribution in [-0.2, 0) is 0 Å². The third-order valence-corrected chi connectivity index (χ3v) is 2.69. The Bertz CT molecular complexity index is 117. The molecule has 1 atom stereocenters. The van der Waals surface area contributed by atoms with Crippen molar-refractivity contribution >= 4 is 0 Å². The van der Waals surface area contributed by atoms with Crippen molar-refractivity contribution in [2.45, 2.75) is 39.7 Å². The molecule has 0 aliphatic rings. The van der Waals surface area contributed by atoms with Crippen molar-refractivity contribution in [1.29, 1.82) is 0 Å². The number of aliphatic hydroxyl groups is 1. The quantitative estimate of drug-likeness (QED) is 0.684. The van der Waals surface area contributed by atoms with Crippen LogP contribution in [0.15, 0.2) is 0 Å². The molecule has 0 aromatic carbocycles. The van der Waals surface area contributed by atoms with Gasteiger partial charge in [0.1, 0.15) is 0 Å². The van der Waals surface area contributed by atoms with E-state index in [2.05, 4.69) is 25.8 Å². The van der Waals surface area contributed by atoms with E-state index in [1.54, 1.807) is 0 Å². The normalized spacial score (nSPS) is 15.2. The SMILES string of the molecule is CCN(C)CCC(C)C(C)(C)O. The molecule has 2 heteroatoms. The van der Waals surface area contributed by atoms with Crippen LogP contribution in [0.5, 0.6) is 0 Å². The lowest BCUT2D eigenvalue weighted by Gasteiger charge is -2.27. The van der Waals surface area contributed by atoms with Gasteiger partial charge in [0.25, 0.3) is 0 Å². The lowest BCUT2D eigenvalue weighted by atomic mass is 9.90. The van der Waals surface area contributed by atoms with E-state index in [1.165, 1.54) is 0 Å². The summed E-state index contributed by atoms with van der Waals surface area (Å²) >= 11 is 0. The fourth-order valence-electron chi connectivity index (χ4n) is 0.925. The van der Waals surface area contributed by atoms with E-state index in [4.69, 9.17) is 0 Å². The molecule has 12 heavy (non-hydrogen) atoms. The van der Waals surface area contributed by atoms with Crippen molar-refractivity contribution in [3.05, 3.63) is 0 Å². The molecular weight excluding hydrogens is 150 g/mol. The molecule has 0 heterocycles. The lowest BCUT2D eigenvalue weighted by Crippen LogP contribution is -2.31. The molecule has 0 radical (unpaired) electrons. The van der Waals surface area contributed by atoms with Crippen molar-refractivity contribution in [2.24, 2.45) is 5.92 Å². The van der Waals surface area contributed by atoms with E-state index in [9.17, 15) is 5.11 Å². The maximum absolute atomic E-state index is 9.65. The average molecular weight is 173 g/mol. The Kier molecular flexibility index (Phi) is 4.80. The number of hydrogen-bond donors (Lipinski definition) is 1. The second kappa shape index (κ2) is 4.83. The Hall–Kier alpha value is -0.0800. The lowest BCUT2D eigenvalue weighted by molar-refractivity contribution is 0.0182. The van der Waals surface area contributed by atoms with Gasteiger partial charge < -0.3 is 10.0 Å². The van der Waals surface area contributed by atoms with Gasteiger partial charge in [-0.3, -0.25) is 0 Å². The van der Waals surface area contributed by atoms with Gasteiger partial charge in [-0.1, -0.05) is 13.8 Å². The highest BCUT2D eigenvalue weighted by Gasteiger charge is 2.21. The van der Waals surface area contributed by atoms with Crippen LogP contribution in [0, 0.1) is 5.92 Å². The highest BCUT2D eigenvalue weighted by molar-refractivity contribution is 4.73. The zero-order valence-corrected chi connectivity index (χ0v) is 9.09. The monoisotopic (exact) mass is 173 g/mol. The van der Waals surface area contributed by atoms with Crippen LogP contribution in [-0.4, -0.2) is 35.7 Å². The zero-order chi connectivity index (χ0) is 9.78. The van der Waals surface area contributed by atoms with Gasteiger partial charge >= 0.3 is 0 Å². The van der Waals surface area contributed by atoms with Crippen LogP contribution >= 0.6 is 0 Å². The van der Waals surface area contributed by atoms with Crippen molar-refractivity contribution in [2.75, 3.05) is 20.1 Å². The molecule has 0 fully saturated rings. The first-order valence-electron chi connectivity index (χ1n) is 4.78. The summed E-state index contributed by atoms with van der Waals surface area (Å²) in [5, 5.41) is 9.65. The first-order valence-corrected chi connectivity index (χ1v) is 4.78. The van der Waals surface area contributed by atoms with Crippen LogP contribution in [0.3, 0.4) is 0 Å². The Morgan fingerprint density at radius 1 is 1.42 bits per heavy atom. The third-order valence-electron chi connectivity index (χ3n) is 2.69. The minimum atomic E-state index is -0.533. The van der Waals surface area contributed by atoms with Crippen molar-refractivity contribution in [3.63, 3.8) is 0 Å². The highest BCUT2D eigenvalue weighted by atomic mass is 16.3. The molecule has 0 rings (SSSR count). The predicted molar refractivity (Wildman–Crippen MR) is 53.2 cm³/mol. The first-order chi connectivity index (χ1) is 5.38. The summed E-state index contributed by atoms with van der Waals surface area (Å²) in [6, 6.07) is 0. The summed E-state index contributed by atoms with van der Waals surface area (Å²) < 4.78 is 0. The summed E-state index contributed by atoms with van der Waals surface area (Å²) in [5.74, 6) is 0.367. The van der Waals surface area contributed by atoms with E-state index >= 15 is 0 Å². The number of hydrogen-bond acceptors (Lipinski definition) is 2. The minimum Gasteiger partial charge on any atom is -0.390 e. The van der Waals surface area contributed by atoms with E-state index in [-0.39, 0.29) is 0 Å². The Morgan fingerprint density at radius 3 is 2.25 bits per heavy atom. The van der Waals surface area contributed by atoms with Crippen molar-refractivity contribution in [3.8, 4) is 0 Å². The molecule has 2 nitrogen and oxygen atoms in total. The van der Waals surface area contributed by atoms with Gasteiger partial charge in [0, 0.05) is 0 Å². The topological polar surface area (TPSA) is 23.5 Å². The van der Waals surface area contributed by atoms with Gasteiger partial charge in [0.15, 0.2) is 0 Å². The van der Waals surface area contributed by atoms with E-state index in [0.29, 0.717) is 5.92 Å². The highest BCUT2D eigenvalue weighted by Crippen LogP contribution is 2.18. The molecule has 1 unspecified atom stereocenters. The van der Waals surface area contributed by atoms with E-state index < -0.39 is 5.60 Å². The largest absolute Gasteiger partial charge is 0.390 e. The summed E-state index contributed by atoms with van der Waals surface area (Å²) in [6.45, 7) is 10.2. The fourth-order valence-corrected chi connectivity index (χ4v) is 0.925. The number of nitrogens with zero attached hydrogens (tertiary/aromatic N) is 1. The van der Waals surface area contributed by atoms with E-state index in [0.717, 1.165) is 19.5 Å². The molecule has 0 aromatic heterocycles. The summed E-state index contributed by atoms with van der Waals surface area (Å²) in [7, 11) is 2.11. The summed E-state index contributed by atoms with van der Waals surface area (Å²) in [4.78, 5) is 2.27. The molecule has 0 aliphatic carbocycles. The number of rotatable bonds is 5. The van der Waals surface area contributed by atoms with Crippen LogP contribution in [0.25, 0.3) is 0 Å². The summed E-state index contributed by atoms with van der Waals surface area (Å²) in [6.07, 6.45) is 1.06. The molecular formula is C10H23NO. The Morgan fingerprint density at radius 2 is 1.92 bits per heavy atom. The predicted octanol–water partition coefficient (Wildman–Crippen LogP) is 1.74. The molecule has 0 aromatic rings. The molecule has 1 N–H and O–H groups in total. The molecule has 0 bridgehead atoms. The second-order valence-electron chi connectivity index (χ2n) is 4.24. The van der Waals surface area contributed by atoms with E-state index in [1.807, 2.05) is 13.8 Å². The smallest absolute Gasteiger partial charge is 0.0617 e. The third kappa shape index (κ3) is 4.73. The Labute approximate surface area is 76.6 Å². The van der Waals surface area contributed by atoms with Crippen molar-refractivity contribution < 1.29 is 5.11 Å². The molecule has 0 spiro atoms. The standard InChI is InChI=1S/C10H23NO/c1-6-11(5)8-7-9(2)10(3,4)12/h9,12H,6-8H2,1-5H3. The van der Waals surface area contributed by atoms with Gasteiger partial charge in [0.2, 0.25) is 0 Å². The van der Waals surface area contributed by atoms with Crippen LogP contribution in [0.1, 0.15) is 34.1 Å². The van der Waals surface area contributed by atoms with Gasteiger partial charge in [0.05, 0.1) is 5.60 Å². The van der Waals surface area contributed by atoms with Crippen LogP contribution < -0.4 is 0 Å². The van der Waals surface area contributed by atoms with Crippen LogP contribution in [0.2, 0.25) is 0 Å². The van der Waals surface area contributed by atoms with Gasteiger partial charge in [-0.15, -0.1) is 0 Å². The minimum absolute atomic E-state index is 0.367. The Balaban J connectivity index is 3.64. The first kappa shape index (κ1) is 11.9. The van der Waals surface area contributed by atoms with Gasteiger partial charge in [-0.25, -0.2) is 0 Å². The molecule has 74 valence electrons. The molecule has 0 amide bonds. The fraction of sp³-hybridized carbons (Fsp3) is 1.00. The second-order valence-corrected chi connectivity index (χ2v) is 4.24. The van der Waals surface area contributed by atoms with Gasteiger partial charge in [-0.05, 0) is 46.3 Å². The molecule has 0 saturated heterocycles. The molecule has 0 saturated carbocycles.